The molecule has 1 amide bonds. The third kappa shape index (κ3) is 3.46. The van der Waals surface area contributed by atoms with Crippen LogP contribution >= 0.6 is 0 Å². The first-order valence-electron chi connectivity index (χ1n) is 10.7. The van der Waals surface area contributed by atoms with Crippen LogP contribution in [-0.2, 0) is 11.2 Å². The number of amides is 1. The molecule has 2 aliphatic rings. The van der Waals surface area contributed by atoms with Crippen LogP contribution < -0.4 is 16.4 Å². The van der Waals surface area contributed by atoms with Crippen LogP contribution in [0.25, 0.3) is 0 Å². The molecule has 1 aliphatic carbocycles. The molecule has 3 aromatic rings. The summed E-state index contributed by atoms with van der Waals surface area (Å²) in [5, 5.41) is 14.5. The average Bonchev–Trinajstić information content (AvgIpc) is 2.78. The minimum Gasteiger partial charge on any atom is -0.384 e. The lowest BCUT2D eigenvalue weighted by atomic mass is 9.65. The van der Waals surface area contributed by atoms with Gasteiger partial charge in [0.15, 0.2) is 0 Å². The summed E-state index contributed by atoms with van der Waals surface area (Å²) in [7, 11) is 0. The van der Waals surface area contributed by atoms with E-state index in [9.17, 15) is 4.79 Å². The third-order valence-corrected chi connectivity index (χ3v) is 6.59. The van der Waals surface area contributed by atoms with Gasteiger partial charge in [-0.1, -0.05) is 36.4 Å². The van der Waals surface area contributed by atoms with Crippen LogP contribution in [0.15, 0.2) is 66.7 Å². The molecule has 5 N–H and O–H groups in total. The van der Waals surface area contributed by atoms with E-state index in [-0.39, 0.29) is 23.7 Å². The van der Waals surface area contributed by atoms with Crippen LogP contribution in [0, 0.1) is 11.3 Å². The van der Waals surface area contributed by atoms with E-state index in [4.69, 9.17) is 11.1 Å². The zero-order valence-electron chi connectivity index (χ0n) is 17.5. The fraction of sp³-hybridized carbons (Fsp3) is 0.231. The first kappa shape index (κ1) is 19.4. The molecule has 0 saturated carbocycles. The number of hydrogen-bond acceptors (Lipinski definition) is 3. The second-order valence-corrected chi connectivity index (χ2v) is 8.52. The van der Waals surface area contributed by atoms with Crippen LogP contribution in [0.5, 0.6) is 0 Å². The maximum absolute atomic E-state index is 11.4. The maximum atomic E-state index is 11.4. The van der Waals surface area contributed by atoms with Gasteiger partial charge in [0, 0.05) is 29.8 Å². The van der Waals surface area contributed by atoms with Crippen LogP contribution in [0.2, 0.25) is 0 Å². The normalized spacial score (nSPS) is 21.1. The van der Waals surface area contributed by atoms with Gasteiger partial charge < -0.3 is 16.4 Å². The standard InChI is InChI=1S/C26H26N4O/c1-15(31)29-19-10-6-17(7-11-19)25-21-12-8-16-4-2-3-5-20(16)24(21)22-14-18(26(27)28)9-13-23(22)30-25/h2-7,9-11,13-14,21,24-25,30H,8,12H2,1H3,(H3,27,28)(H,29,31). The number of amidine groups is 1. The largest absolute Gasteiger partial charge is 0.384 e. The molecule has 3 unspecified atom stereocenters. The Morgan fingerprint density at radius 1 is 1.06 bits per heavy atom. The molecule has 0 bridgehead atoms. The lowest BCUT2D eigenvalue weighted by Crippen LogP contribution is -2.35. The maximum Gasteiger partial charge on any atom is 0.221 e. The Bertz CT molecular complexity index is 1170. The monoisotopic (exact) mass is 410 g/mol. The van der Waals surface area contributed by atoms with Crippen molar-refractivity contribution in [3.8, 4) is 0 Å². The number of nitrogens with two attached hydrogens (primary N) is 1. The van der Waals surface area contributed by atoms with E-state index in [0.29, 0.717) is 5.92 Å². The van der Waals surface area contributed by atoms with Gasteiger partial charge in [-0.3, -0.25) is 10.2 Å². The zero-order valence-corrected chi connectivity index (χ0v) is 17.5. The van der Waals surface area contributed by atoms with E-state index in [1.807, 2.05) is 18.2 Å². The van der Waals surface area contributed by atoms with Crippen LogP contribution in [0.3, 0.4) is 0 Å². The van der Waals surface area contributed by atoms with E-state index in [2.05, 4.69) is 59.2 Å². The quantitative estimate of drug-likeness (QED) is 0.370. The fourth-order valence-electron chi connectivity index (χ4n) is 5.24. The Morgan fingerprint density at radius 2 is 1.84 bits per heavy atom. The summed E-state index contributed by atoms with van der Waals surface area (Å²) in [5.41, 5.74) is 13.7. The van der Waals surface area contributed by atoms with Crippen molar-refractivity contribution in [1.29, 1.82) is 5.41 Å². The van der Waals surface area contributed by atoms with Gasteiger partial charge in [0.05, 0.1) is 6.04 Å². The van der Waals surface area contributed by atoms with Crippen molar-refractivity contribution in [2.45, 2.75) is 31.7 Å². The highest BCUT2D eigenvalue weighted by atomic mass is 16.1. The Hall–Kier alpha value is -3.60. The Balaban J connectivity index is 1.60. The van der Waals surface area contributed by atoms with E-state index in [0.717, 1.165) is 29.8 Å². The summed E-state index contributed by atoms with van der Waals surface area (Å²) in [4.78, 5) is 11.4. The van der Waals surface area contributed by atoms with Crippen molar-refractivity contribution < 1.29 is 4.79 Å². The van der Waals surface area contributed by atoms with Gasteiger partial charge in [-0.15, -0.1) is 0 Å². The summed E-state index contributed by atoms with van der Waals surface area (Å²) in [6, 6.07) is 23.1. The predicted molar refractivity (Wildman–Crippen MR) is 125 cm³/mol. The average molecular weight is 411 g/mol. The van der Waals surface area contributed by atoms with E-state index < -0.39 is 0 Å². The number of nitrogen functional groups attached to an aromatic ring is 1. The molecule has 1 heterocycles. The summed E-state index contributed by atoms with van der Waals surface area (Å²) >= 11 is 0. The Kier molecular flexibility index (Phi) is 4.74. The van der Waals surface area contributed by atoms with Gasteiger partial charge in [-0.25, -0.2) is 0 Å². The van der Waals surface area contributed by atoms with E-state index in [1.165, 1.54) is 29.2 Å². The molecule has 156 valence electrons. The minimum absolute atomic E-state index is 0.0669. The van der Waals surface area contributed by atoms with Gasteiger partial charge in [0.1, 0.15) is 5.84 Å². The summed E-state index contributed by atoms with van der Waals surface area (Å²) in [6.45, 7) is 1.52. The molecular formula is C26H26N4O. The lowest BCUT2D eigenvalue weighted by molar-refractivity contribution is -0.114. The number of rotatable bonds is 3. The Labute approximate surface area is 182 Å². The molecule has 0 fully saturated rings. The molecule has 1 aliphatic heterocycles. The van der Waals surface area contributed by atoms with Gasteiger partial charge >= 0.3 is 0 Å². The molecular weight excluding hydrogens is 384 g/mol. The molecule has 0 saturated heterocycles. The van der Waals surface area contributed by atoms with Crippen LogP contribution in [0.1, 0.15) is 53.1 Å². The number of benzene rings is 3. The van der Waals surface area contributed by atoms with Gasteiger partial charge in [-0.05, 0) is 71.3 Å². The van der Waals surface area contributed by atoms with Crippen molar-refractivity contribution in [2.24, 2.45) is 11.7 Å². The predicted octanol–water partition coefficient (Wildman–Crippen LogP) is 4.79. The van der Waals surface area contributed by atoms with Gasteiger partial charge in [0.2, 0.25) is 5.91 Å². The minimum atomic E-state index is -0.0669. The summed E-state index contributed by atoms with van der Waals surface area (Å²) in [6.07, 6.45) is 2.14. The topological polar surface area (TPSA) is 91.0 Å². The van der Waals surface area contributed by atoms with Crippen LogP contribution in [-0.4, -0.2) is 11.7 Å². The lowest BCUT2D eigenvalue weighted by Gasteiger charge is -2.44. The second kappa shape index (κ2) is 7.58. The highest BCUT2D eigenvalue weighted by molar-refractivity contribution is 5.95. The smallest absolute Gasteiger partial charge is 0.221 e. The molecule has 0 aromatic heterocycles. The zero-order chi connectivity index (χ0) is 21.5. The first-order valence-corrected chi connectivity index (χ1v) is 10.7. The van der Waals surface area contributed by atoms with Gasteiger partial charge in [-0.2, -0.15) is 0 Å². The molecule has 5 nitrogen and oxygen atoms in total. The number of carbonyl (C=O) groups is 1. The van der Waals surface area contributed by atoms with Crippen molar-refractivity contribution in [3.63, 3.8) is 0 Å². The molecule has 5 heteroatoms. The number of anilines is 2. The summed E-state index contributed by atoms with van der Waals surface area (Å²) < 4.78 is 0. The number of carbonyl (C=O) groups excluding carboxylic acids is 1. The fourth-order valence-corrected chi connectivity index (χ4v) is 5.24. The van der Waals surface area contributed by atoms with E-state index >= 15 is 0 Å². The number of hydrogen-bond donors (Lipinski definition) is 4. The second-order valence-electron chi connectivity index (χ2n) is 8.52. The SMILES string of the molecule is CC(=O)Nc1ccc(C2Nc3ccc(C(=N)N)cc3C3c4ccccc4CCC23)cc1. The van der Waals surface area contributed by atoms with Crippen molar-refractivity contribution in [3.05, 3.63) is 94.5 Å². The van der Waals surface area contributed by atoms with Gasteiger partial charge in [0.25, 0.3) is 0 Å². The number of fused-ring (bicyclic) bond motifs is 5. The van der Waals surface area contributed by atoms with Crippen molar-refractivity contribution >= 4 is 23.1 Å². The highest BCUT2D eigenvalue weighted by Gasteiger charge is 2.41. The first-order chi connectivity index (χ1) is 15.0. The number of aryl methyl sites for hydroxylation is 1. The number of nitrogens with one attached hydrogen (secondary N) is 3. The highest BCUT2D eigenvalue weighted by Crippen LogP contribution is 2.52. The summed E-state index contributed by atoms with van der Waals surface area (Å²) in [5.74, 6) is 0.665. The molecule has 0 radical (unpaired) electrons. The molecule has 5 rings (SSSR count). The van der Waals surface area contributed by atoms with Crippen LogP contribution in [0.4, 0.5) is 11.4 Å². The Morgan fingerprint density at radius 3 is 2.58 bits per heavy atom. The van der Waals surface area contributed by atoms with Crippen molar-refractivity contribution in [2.75, 3.05) is 10.6 Å². The molecule has 3 atom stereocenters. The third-order valence-electron chi connectivity index (χ3n) is 6.59. The van der Waals surface area contributed by atoms with Crippen molar-refractivity contribution in [1.82, 2.24) is 0 Å². The van der Waals surface area contributed by atoms with E-state index in [1.54, 1.807) is 0 Å². The molecule has 3 aromatic carbocycles. The molecule has 0 spiro atoms. The molecule has 31 heavy (non-hydrogen) atoms.